The third-order valence-corrected chi connectivity index (χ3v) is 6.63. The fourth-order valence-electron chi connectivity index (χ4n) is 2.93. The van der Waals surface area contributed by atoms with E-state index in [4.69, 9.17) is 4.74 Å². The molecule has 0 aromatic carbocycles. The zero-order valence-corrected chi connectivity index (χ0v) is 13.9. The first-order chi connectivity index (χ1) is 10.4. The zero-order valence-electron chi connectivity index (χ0n) is 13.0. The van der Waals surface area contributed by atoms with Gasteiger partial charge in [-0.25, -0.2) is 13.2 Å². The van der Waals surface area contributed by atoms with Gasteiger partial charge in [-0.3, -0.25) is 4.79 Å². The molecule has 0 unspecified atom stereocenters. The molecule has 0 radical (unpaired) electrons. The average Bonchev–Trinajstić information content (AvgIpc) is 3.14. The second kappa shape index (κ2) is 7.44. The highest BCUT2D eigenvalue weighted by Gasteiger charge is 2.38. The SMILES string of the molecule is CCOC(=O)[C@H](NC(=O)CCS(=O)(=O)C1CCCC1)C1CC1. The molecule has 0 saturated heterocycles. The van der Waals surface area contributed by atoms with Crippen molar-refractivity contribution in [3.63, 3.8) is 0 Å². The van der Waals surface area contributed by atoms with E-state index in [2.05, 4.69) is 5.32 Å². The highest BCUT2D eigenvalue weighted by molar-refractivity contribution is 7.92. The van der Waals surface area contributed by atoms with Gasteiger partial charge >= 0.3 is 5.97 Å². The Morgan fingerprint density at radius 3 is 2.36 bits per heavy atom. The molecular weight excluding hydrogens is 306 g/mol. The molecule has 0 aromatic heterocycles. The maximum atomic E-state index is 12.1. The monoisotopic (exact) mass is 331 g/mol. The van der Waals surface area contributed by atoms with Crippen LogP contribution in [0, 0.1) is 5.92 Å². The molecule has 22 heavy (non-hydrogen) atoms. The number of amides is 1. The quantitative estimate of drug-likeness (QED) is 0.675. The molecule has 2 aliphatic carbocycles. The summed E-state index contributed by atoms with van der Waals surface area (Å²) >= 11 is 0. The van der Waals surface area contributed by atoms with Crippen LogP contribution in [0.4, 0.5) is 0 Å². The van der Waals surface area contributed by atoms with Crippen molar-refractivity contribution in [1.29, 1.82) is 0 Å². The normalized spacial score (nSPS) is 20.6. The maximum absolute atomic E-state index is 12.1. The molecule has 0 aliphatic heterocycles. The van der Waals surface area contributed by atoms with Gasteiger partial charge in [0.1, 0.15) is 6.04 Å². The summed E-state index contributed by atoms with van der Waals surface area (Å²) in [6.07, 6.45) is 5.01. The molecule has 1 N–H and O–H groups in total. The summed E-state index contributed by atoms with van der Waals surface area (Å²) < 4.78 is 29.2. The standard InChI is InChI=1S/C15H25NO5S/c1-2-21-15(18)14(11-7-8-11)16-13(17)9-10-22(19,20)12-5-3-4-6-12/h11-12,14H,2-10H2,1H3,(H,16,17)/t14-/m1/s1. The van der Waals surface area contributed by atoms with Gasteiger partial charge in [0.05, 0.1) is 17.6 Å². The van der Waals surface area contributed by atoms with Gasteiger partial charge in [0.15, 0.2) is 9.84 Å². The highest BCUT2D eigenvalue weighted by Crippen LogP contribution is 2.33. The molecule has 6 nitrogen and oxygen atoms in total. The number of carbonyl (C=O) groups excluding carboxylic acids is 2. The maximum Gasteiger partial charge on any atom is 0.328 e. The van der Waals surface area contributed by atoms with E-state index in [0.29, 0.717) is 12.8 Å². The van der Waals surface area contributed by atoms with Crippen molar-refractivity contribution in [2.75, 3.05) is 12.4 Å². The van der Waals surface area contributed by atoms with Gasteiger partial charge < -0.3 is 10.1 Å². The molecule has 0 spiro atoms. The van der Waals surface area contributed by atoms with Gasteiger partial charge in [0.2, 0.25) is 5.91 Å². The van der Waals surface area contributed by atoms with Crippen LogP contribution in [0.5, 0.6) is 0 Å². The molecule has 0 bridgehead atoms. The van der Waals surface area contributed by atoms with Crippen LogP contribution in [0.1, 0.15) is 51.9 Å². The lowest BCUT2D eigenvalue weighted by Gasteiger charge is -2.17. The molecule has 7 heteroatoms. The minimum atomic E-state index is -3.20. The second-order valence-electron chi connectivity index (χ2n) is 6.16. The smallest absolute Gasteiger partial charge is 0.328 e. The molecule has 1 atom stereocenters. The van der Waals surface area contributed by atoms with Crippen molar-refractivity contribution in [1.82, 2.24) is 5.32 Å². The van der Waals surface area contributed by atoms with Crippen molar-refractivity contribution in [3.05, 3.63) is 0 Å². The summed E-state index contributed by atoms with van der Waals surface area (Å²) in [5, 5.41) is 2.36. The van der Waals surface area contributed by atoms with E-state index in [0.717, 1.165) is 25.7 Å². The van der Waals surface area contributed by atoms with Gasteiger partial charge in [-0.15, -0.1) is 0 Å². The summed E-state index contributed by atoms with van der Waals surface area (Å²) in [6, 6.07) is -0.623. The third-order valence-electron chi connectivity index (χ3n) is 4.37. The van der Waals surface area contributed by atoms with Gasteiger partial charge in [0, 0.05) is 6.42 Å². The number of sulfone groups is 1. The number of hydrogen-bond acceptors (Lipinski definition) is 5. The topological polar surface area (TPSA) is 89.5 Å². The minimum absolute atomic E-state index is 0.0819. The van der Waals surface area contributed by atoms with Gasteiger partial charge in [-0.1, -0.05) is 12.8 Å². The van der Waals surface area contributed by atoms with Crippen molar-refractivity contribution < 1.29 is 22.7 Å². The molecule has 2 rings (SSSR count). The van der Waals surface area contributed by atoms with E-state index in [-0.39, 0.29) is 35.9 Å². The Bertz CT molecular complexity index is 506. The van der Waals surface area contributed by atoms with E-state index in [9.17, 15) is 18.0 Å². The summed E-state index contributed by atoms with van der Waals surface area (Å²) in [5.74, 6) is -0.804. The predicted molar refractivity (Wildman–Crippen MR) is 81.9 cm³/mol. The van der Waals surface area contributed by atoms with Crippen molar-refractivity contribution in [2.24, 2.45) is 5.92 Å². The van der Waals surface area contributed by atoms with Crippen LogP contribution in [0.15, 0.2) is 0 Å². The molecule has 2 aliphatic rings. The first-order valence-corrected chi connectivity index (χ1v) is 9.83. The molecule has 1 amide bonds. The van der Waals surface area contributed by atoms with Crippen molar-refractivity contribution in [2.45, 2.75) is 63.2 Å². The first kappa shape index (κ1) is 17.2. The Balaban J connectivity index is 1.82. The summed E-state index contributed by atoms with van der Waals surface area (Å²) in [5.41, 5.74) is 0. The number of hydrogen-bond donors (Lipinski definition) is 1. The number of rotatable bonds is 8. The predicted octanol–water partition coefficient (Wildman–Crippen LogP) is 1.19. The molecule has 0 heterocycles. The van der Waals surface area contributed by atoms with Crippen LogP contribution < -0.4 is 5.32 Å². The molecule has 126 valence electrons. The fourth-order valence-corrected chi connectivity index (χ4v) is 4.78. The van der Waals surface area contributed by atoms with Gasteiger partial charge in [-0.05, 0) is 38.5 Å². The molecular formula is C15H25NO5S. The number of nitrogens with one attached hydrogen (secondary N) is 1. The lowest BCUT2D eigenvalue weighted by molar-refractivity contribution is -0.148. The Hall–Kier alpha value is -1.11. The summed E-state index contributed by atoms with van der Waals surface area (Å²) in [4.78, 5) is 23.8. The molecule has 2 fully saturated rings. The number of carbonyl (C=O) groups is 2. The Kier molecular flexibility index (Phi) is 5.83. The van der Waals surface area contributed by atoms with Crippen LogP contribution in [0.3, 0.4) is 0 Å². The van der Waals surface area contributed by atoms with E-state index in [1.54, 1.807) is 6.92 Å². The van der Waals surface area contributed by atoms with Crippen molar-refractivity contribution >= 4 is 21.7 Å². The Morgan fingerprint density at radius 1 is 1.18 bits per heavy atom. The van der Waals surface area contributed by atoms with E-state index in [1.807, 2.05) is 0 Å². The van der Waals surface area contributed by atoms with Crippen molar-refractivity contribution in [3.8, 4) is 0 Å². The molecule has 2 saturated carbocycles. The van der Waals surface area contributed by atoms with Crippen LogP contribution >= 0.6 is 0 Å². The number of esters is 1. The third kappa shape index (κ3) is 4.69. The lowest BCUT2D eigenvalue weighted by Crippen LogP contribution is -2.44. The second-order valence-corrected chi connectivity index (χ2v) is 8.56. The van der Waals surface area contributed by atoms with Crippen LogP contribution in [0.2, 0.25) is 0 Å². The first-order valence-electron chi connectivity index (χ1n) is 8.11. The highest BCUT2D eigenvalue weighted by atomic mass is 32.2. The largest absolute Gasteiger partial charge is 0.464 e. The Labute approximate surface area is 131 Å². The summed E-state index contributed by atoms with van der Waals surface area (Å²) in [7, 11) is -3.20. The lowest BCUT2D eigenvalue weighted by atomic mass is 10.2. The van der Waals surface area contributed by atoms with Crippen LogP contribution in [-0.4, -0.2) is 43.9 Å². The van der Waals surface area contributed by atoms with Crippen LogP contribution in [-0.2, 0) is 24.2 Å². The van der Waals surface area contributed by atoms with Crippen LogP contribution in [0.25, 0.3) is 0 Å². The van der Waals surface area contributed by atoms with Gasteiger partial charge in [-0.2, -0.15) is 0 Å². The van der Waals surface area contributed by atoms with E-state index < -0.39 is 21.8 Å². The zero-order chi connectivity index (χ0) is 16.2. The van der Waals surface area contributed by atoms with E-state index in [1.165, 1.54) is 0 Å². The number of ether oxygens (including phenoxy) is 1. The fraction of sp³-hybridized carbons (Fsp3) is 0.867. The summed E-state index contributed by atoms with van der Waals surface area (Å²) in [6.45, 7) is 1.99. The minimum Gasteiger partial charge on any atom is -0.464 e. The molecule has 0 aromatic rings. The van der Waals surface area contributed by atoms with Gasteiger partial charge in [0.25, 0.3) is 0 Å². The average molecular weight is 331 g/mol. The Morgan fingerprint density at radius 2 is 1.82 bits per heavy atom. The van der Waals surface area contributed by atoms with E-state index >= 15 is 0 Å².